The lowest BCUT2D eigenvalue weighted by molar-refractivity contribution is -0.129. The summed E-state index contributed by atoms with van der Waals surface area (Å²) in [5, 5.41) is 12.6. The summed E-state index contributed by atoms with van der Waals surface area (Å²) in [6.45, 7) is 0.521. The van der Waals surface area contributed by atoms with E-state index in [0.29, 0.717) is 12.1 Å². The summed E-state index contributed by atoms with van der Waals surface area (Å²) in [5.74, 6) is -0.359. The molecule has 1 unspecified atom stereocenters. The van der Waals surface area contributed by atoms with Crippen molar-refractivity contribution in [3.05, 3.63) is 71.8 Å². The normalized spacial score (nSPS) is 11.8. The third-order valence-corrected chi connectivity index (χ3v) is 2.92. The molecule has 0 heterocycles. The Labute approximate surface area is 112 Å². The average molecular weight is 255 g/mol. The van der Waals surface area contributed by atoms with Gasteiger partial charge in [0, 0.05) is 6.54 Å². The predicted octanol–water partition coefficient (Wildman–Crippen LogP) is 2.08. The summed E-state index contributed by atoms with van der Waals surface area (Å²) in [5.41, 5.74) is 1.77. The van der Waals surface area contributed by atoms with Gasteiger partial charge in [-0.2, -0.15) is 0 Å². The van der Waals surface area contributed by atoms with Crippen molar-refractivity contribution in [1.82, 2.24) is 5.32 Å². The van der Waals surface area contributed by atoms with Crippen molar-refractivity contribution in [3.8, 4) is 0 Å². The van der Waals surface area contributed by atoms with Crippen LogP contribution in [0.2, 0.25) is 0 Å². The van der Waals surface area contributed by atoms with E-state index in [4.69, 9.17) is 0 Å². The highest BCUT2D eigenvalue weighted by molar-refractivity contribution is 5.81. The Hall–Kier alpha value is -2.13. The predicted molar refractivity (Wildman–Crippen MR) is 74.6 cm³/mol. The first-order valence-electron chi connectivity index (χ1n) is 6.32. The molecule has 0 saturated heterocycles. The molecule has 3 heteroatoms. The van der Waals surface area contributed by atoms with E-state index in [-0.39, 0.29) is 5.91 Å². The number of rotatable bonds is 5. The molecule has 0 aliphatic rings. The van der Waals surface area contributed by atoms with Crippen LogP contribution in [0.15, 0.2) is 60.7 Å². The van der Waals surface area contributed by atoms with Crippen molar-refractivity contribution in [2.45, 2.75) is 12.5 Å². The molecule has 0 spiro atoms. The number of carbonyl (C=O) groups is 1. The van der Waals surface area contributed by atoms with Crippen LogP contribution in [0, 0.1) is 0 Å². The number of aliphatic hydroxyl groups excluding tert-OH is 1. The van der Waals surface area contributed by atoms with E-state index in [9.17, 15) is 9.90 Å². The lowest BCUT2D eigenvalue weighted by Gasteiger charge is -2.11. The number of aliphatic hydroxyl groups is 1. The largest absolute Gasteiger partial charge is 0.378 e. The molecule has 2 aromatic carbocycles. The minimum atomic E-state index is -1.10. The van der Waals surface area contributed by atoms with Crippen molar-refractivity contribution in [2.24, 2.45) is 0 Å². The zero-order valence-electron chi connectivity index (χ0n) is 10.6. The monoisotopic (exact) mass is 255 g/mol. The first-order chi connectivity index (χ1) is 9.27. The third-order valence-electron chi connectivity index (χ3n) is 2.92. The van der Waals surface area contributed by atoms with Crippen molar-refractivity contribution in [3.63, 3.8) is 0 Å². The number of benzene rings is 2. The SMILES string of the molecule is O=C(NCCc1ccccc1)C(O)c1ccccc1. The third kappa shape index (κ3) is 3.93. The minimum absolute atomic E-state index is 0.359. The van der Waals surface area contributed by atoms with Crippen LogP contribution in [0.5, 0.6) is 0 Å². The van der Waals surface area contributed by atoms with Crippen LogP contribution in [-0.2, 0) is 11.2 Å². The van der Waals surface area contributed by atoms with Crippen LogP contribution in [0.25, 0.3) is 0 Å². The molecule has 1 amide bonds. The first-order valence-corrected chi connectivity index (χ1v) is 6.32. The van der Waals surface area contributed by atoms with Crippen LogP contribution >= 0.6 is 0 Å². The van der Waals surface area contributed by atoms with Crippen molar-refractivity contribution >= 4 is 5.91 Å². The molecule has 0 aliphatic carbocycles. The minimum Gasteiger partial charge on any atom is -0.378 e. The Morgan fingerprint density at radius 2 is 1.58 bits per heavy atom. The molecule has 19 heavy (non-hydrogen) atoms. The lowest BCUT2D eigenvalue weighted by Crippen LogP contribution is -2.30. The van der Waals surface area contributed by atoms with Gasteiger partial charge in [0.15, 0.2) is 6.10 Å². The molecule has 98 valence electrons. The first kappa shape index (κ1) is 13.3. The number of hydrogen-bond acceptors (Lipinski definition) is 2. The van der Waals surface area contributed by atoms with E-state index in [1.807, 2.05) is 36.4 Å². The zero-order chi connectivity index (χ0) is 13.5. The van der Waals surface area contributed by atoms with Gasteiger partial charge in [-0.05, 0) is 17.5 Å². The molecule has 0 aliphatic heterocycles. The van der Waals surface area contributed by atoms with Crippen molar-refractivity contribution < 1.29 is 9.90 Å². The molecule has 0 aromatic heterocycles. The quantitative estimate of drug-likeness (QED) is 0.859. The maximum Gasteiger partial charge on any atom is 0.253 e. The van der Waals surface area contributed by atoms with Gasteiger partial charge in [-0.25, -0.2) is 0 Å². The summed E-state index contributed by atoms with van der Waals surface area (Å²) in [7, 11) is 0. The van der Waals surface area contributed by atoms with Crippen molar-refractivity contribution in [1.29, 1.82) is 0 Å². The molecular formula is C16H17NO2. The molecule has 0 fully saturated rings. The molecular weight excluding hydrogens is 238 g/mol. The fourth-order valence-corrected chi connectivity index (χ4v) is 1.86. The van der Waals surface area contributed by atoms with Crippen LogP contribution in [0.4, 0.5) is 0 Å². The fraction of sp³-hybridized carbons (Fsp3) is 0.188. The molecule has 2 N–H and O–H groups in total. The Balaban J connectivity index is 1.82. The lowest BCUT2D eigenvalue weighted by atomic mass is 10.1. The second kappa shape index (κ2) is 6.71. The number of carbonyl (C=O) groups excluding carboxylic acids is 1. The van der Waals surface area contributed by atoms with Gasteiger partial charge in [0.2, 0.25) is 0 Å². The van der Waals surface area contributed by atoms with Gasteiger partial charge in [0.05, 0.1) is 0 Å². The Morgan fingerprint density at radius 3 is 2.21 bits per heavy atom. The zero-order valence-corrected chi connectivity index (χ0v) is 10.6. The summed E-state index contributed by atoms with van der Waals surface area (Å²) in [6.07, 6.45) is -0.342. The van der Waals surface area contributed by atoms with E-state index >= 15 is 0 Å². The van der Waals surface area contributed by atoms with Gasteiger partial charge < -0.3 is 10.4 Å². The van der Waals surface area contributed by atoms with Gasteiger partial charge in [0.25, 0.3) is 5.91 Å². The Bertz CT molecular complexity index is 511. The molecule has 0 bridgehead atoms. The average Bonchev–Trinajstić information content (AvgIpc) is 2.48. The van der Waals surface area contributed by atoms with E-state index in [1.54, 1.807) is 24.3 Å². The molecule has 2 rings (SSSR count). The van der Waals surface area contributed by atoms with E-state index in [1.165, 1.54) is 0 Å². The standard InChI is InChI=1S/C16H17NO2/c18-15(14-9-5-2-6-10-14)16(19)17-12-11-13-7-3-1-4-8-13/h1-10,15,18H,11-12H2,(H,17,19). The summed E-state index contributed by atoms with van der Waals surface area (Å²) in [4.78, 5) is 11.8. The van der Waals surface area contributed by atoms with Crippen LogP contribution < -0.4 is 5.32 Å². The second-order valence-electron chi connectivity index (χ2n) is 4.34. The summed E-state index contributed by atoms with van der Waals surface area (Å²) in [6, 6.07) is 18.9. The molecule has 0 radical (unpaired) electrons. The molecule has 3 nitrogen and oxygen atoms in total. The maximum atomic E-state index is 11.8. The van der Waals surface area contributed by atoms with Crippen LogP contribution in [0.3, 0.4) is 0 Å². The Kier molecular flexibility index (Phi) is 4.70. The van der Waals surface area contributed by atoms with Crippen LogP contribution in [0.1, 0.15) is 17.2 Å². The summed E-state index contributed by atoms with van der Waals surface area (Å²) >= 11 is 0. The highest BCUT2D eigenvalue weighted by atomic mass is 16.3. The highest BCUT2D eigenvalue weighted by Gasteiger charge is 2.15. The van der Waals surface area contributed by atoms with Crippen molar-refractivity contribution in [2.75, 3.05) is 6.54 Å². The molecule has 2 aromatic rings. The van der Waals surface area contributed by atoms with Gasteiger partial charge >= 0.3 is 0 Å². The second-order valence-corrected chi connectivity index (χ2v) is 4.34. The van der Waals surface area contributed by atoms with Crippen LogP contribution in [-0.4, -0.2) is 17.6 Å². The number of hydrogen-bond donors (Lipinski definition) is 2. The topological polar surface area (TPSA) is 49.3 Å². The summed E-state index contributed by atoms with van der Waals surface area (Å²) < 4.78 is 0. The molecule has 1 atom stereocenters. The van der Waals surface area contributed by atoms with E-state index in [0.717, 1.165) is 12.0 Å². The van der Waals surface area contributed by atoms with Gasteiger partial charge in [-0.3, -0.25) is 4.79 Å². The fourth-order valence-electron chi connectivity index (χ4n) is 1.86. The van der Waals surface area contributed by atoms with E-state index in [2.05, 4.69) is 5.32 Å². The van der Waals surface area contributed by atoms with E-state index < -0.39 is 6.10 Å². The Morgan fingerprint density at radius 1 is 1.00 bits per heavy atom. The number of amides is 1. The molecule has 0 saturated carbocycles. The highest BCUT2D eigenvalue weighted by Crippen LogP contribution is 2.11. The maximum absolute atomic E-state index is 11.8. The number of nitrogens with one attached hydrogen (secondary N) is 1. The van der Waals surface area contributed by atoms with Gasteiger partial charge in [-0.1, -0.05) is 60.7 Å². The van der Waals surface area contributed by atoms with Gasteiger partial charge in [-0.15, -0.1) is 0 Å². The smallest absolute Gasteiger partial charge is 0.253 e. The van der Waals surface area contributed by atoms with Gasteiger partial charge in [0.1, 0.15) is 0 Å².